The van der Waals surface area contributed by atoms with E-state index < -0.39 is 0 Å². The molecule has 1 heterocycles. The molecule has 0 saturated heterocycles. The van der Waals surface area contributed by atoms with Gasteiger partial charge in [-0.05, 0) is 19.4 Å². The summed E-state index contributed by atoms with van der Waals surface area (Å²) in [6.45, 7) is 5.56. The number of aromatic nitrogens is 2. The van der Waals surface area contributed by atoms with Gasteiger partial charge in [-0.1, -0.05) is 33.1 Å². The van der Waals surface area contributed by atoms with Crippen molar-refractivity contribution in [3.8, 4) is 0 Å². The van der Waals surface area contributed by atoms with Gasteiger partial charge in [-0.2, -0.15) is 0 Å². The molecule has 3 heteroatoms. The van der Waals surface area contributed by atoms with E-state index in [-0.39, 0.29) is 0 Å². The highest BCUT2D eigenvalue weighted by molar-refractivity contribution is 4.98. The van der Waals surface area contributed by atoms with E-state index in [1.54, 1.807) is 0 Å². The molecule has 0 aromatic carbocycles. The number of nitrogens with one attached hydrogen (secondary N) is 1. The minimum Gasteiger partial charge on any atom is -0.337 e. The van der Waals surface area contributed by atoms with Gasteiger partial charge in [0, 0.05) is 19.4 Å². The number of hydrogen-bond acceptors (Lipinski definition) is 2. The van der Waals surface area contributed by atoms with Gasteiger partial charge in [0.1, 0.15) is 5.82 Å². The molecule has 1 rings (SSSR count). The maximum absolute atomic E-state index is 4.40. The SMILES string of the molecule is CCCCCCNC(CC)c1nccn1C. The van der Waals surface area contributed by atoms with Crippen molar-refractivity contribution >= 4 is 0 Å². The summed E-state index contributed by atoms with van der Waals surface area (Å²) in [6.07, 6.45) is 10.2. The average molecular weight is 223 g/mol. The zero-order valence-electron chi connectivity index (χ0n) is 10.9. The van der Waals surface area contributed by atoms with E-state index in [4.69, 9.17) is 0 Å². The van der Waals surface area contributed by atoms with Gasteiger partial charge in [0.15, 0.2) is 0 Å². The third-order valence-corrected chi connectivity index (χ3v) is 3.00. The van der Waals surface area contributed by atoms with Crippen molar-refractivity contribution in [1.82, 2.24) is 14.9 Å². The fraction of sp³-hybridized carbons (Fsp3) is 0.769. The third kappa shape index (κ3) is 3.97. The molecule has 0 spiro atoms. The number of rotatable bonds is 8. The molecule has 0 aliphatic rings. The highest BCUT2D eigenvalue weighted by Crippen LogP contribution is 2.13. The predicted molar refractivity (Wildman–Crippen MR) is 68.4 cm³/mol. The summed E-state index contributed by atoms with van der Waals surface area (Å²) in [5, 5.41) is 3.59. The van der Waals surface area contributed by atoms with Crippen LogP contribution in [0.25, 0.3) is 0 Å². The number of unbranched alkanes of at least 4 members (excludes halogenated alkanes) is 3. The van der Waals surface area contributed by atoms with Crippen LogP contribution in [0.4, 0.5) is 0 Å². The molecule has 3 nitrogen and oxygen atoms in total. The molecule has 0 aliphatic heterocycles. The normalized spacial score (nSPS) is 12.9. The topological polar surface area (TPSA) is 29.9 Å². The van der Waals surface area contributed by atoms with Crippen LogP contribution in [-0.2, 0) is 7.05 Å². The van der Waals surface area contributed by atoms with Crippen LogP contribution in [0.1, 0.15) is 57.8 Å². The van der Waals surface area contributed by atoms with Crippen LogP contribution >= 0.6 is 0 Å². The highest BCUT2D eigenvalue weighted by atomic mass is 15.1. The van der Waals surface area contributed by atoms with E-state index in [2.05, 4.69) is 35.8 Å². The van der Waals surface area contributed by atoms with E-state index in [1.165, 1.54) is 25.7 Å². The highest BCUT2D eigenvalue weighted by Gasteiger charge is 2.12. The van der Waals surface area contributed by atoms with Gasteiger partial charge in [-0.3, -0.25) is 0 Å². The fourth-order valence-corrected chi connectivity index (χ4v) is 1.96. The molecule has 1 aromatic heterocycles. The van der Waals surface area contributed by atoms with Crippen molar-refractivity contribution in [2.75, 3.05) is 6.54 Å². The molecule has 1 unspecified atom stereocenters. The first-order valence-electron chi connectivity index (χ1n) is 6.50. The largest absolute Gasteiger partial charge is 0.337 e. The predicted octanol–water partition coefficient (Wildman–Crippen LogP) is 3.04. The lowest BCUT2D eigenvalue weighted by atomic mass is 10.1. The molecule has 0 aliphatic carbocycles. The Hall–Kier alpha value is -0.830. The Balaban J connectivity index is 2.30. The summed E-state index contributed by atoms with van der Waals surface area (Å²) in [5.41, 5.74) is 0. The summed E-state index contributed by atoms with van der Waals surface area (Å²) in [4.78, 5) is 4.40. The minimum absolute atomic E-state index is 0.404. The van der Waals surface area contributed by atoms with Gasteiger partial charge < -0.3 is 9.88 Å². The van der Waals surface area contributed by atoms with E-state index in [1.807, 2.05) is 12.4 Å². The van der Waals surface area contributed by atoms with Crippen molar-refractivity contribution in [3.05, 3.63) is 18.2 Å². The number of imidazole rings is 1. The van der Waals surface area contributed by atoms with Crippen LogP contribution in [0.5, 0.6) is 0 Å². The molecule has 0 bridgehead atoms. The molecule has 92 valence electrons. The van der Waals surface area contributed by atoms with Crippen molar-refractivity contribution in [3.63, 3.8) is 0 Å². The van der Waals surface area contributed by atoms with Crippen LogP contribution in [0, 0.1) is 0 Å². The first kappa shape index (κ1) is 13.2. The lowest BCUT2D eigenvalue weighted by molar-refractivity contribution is 0.468. The van der Waals surface area contributed by atoms with Crippen LogP contribution in [0.2, 0.25) is 0 Å². The van der Waals surface area contributed by atoms with Crippen LogP contribution in [0.3, 0.4) is 0 Å². The molecule has 1 atom stereocenters. The van der Waals surface area contributed by atoms with Crippen molar-refractivity contribution in [1.29, 1.82) is 0 Å². The quantitative estimate of drug-likeness (QED) is 0.686. The second-order valence-electron chi connectivity index (χ2n) is 4.37. The summed E-state index contributed by atoms with van der Waals surface area (Å²) in [7, 11) is 2.06. The summed E-state index contributed by atoms with van der Waals surface area (Å²) in [5.74, 6) is 1.15. The van der Waals surface area contributed by atoms with Gasteiger partial charge in [-0.15, -0.1) is 0 Å². The second-order valence-corrected chi connectivity index (χ2v) is 4.37. The van der Waals surface area contributed by atoms with E-state index in [0.29, 0.717) is 6.04 Å². The summed E-state index contributed by atoms with van der Waals surface area (Å²) >= 11 is 0. The van der Waals surface area contributed by atoms with Crippen LogP contribution < -0.4 is 5.32 Å². The third-order valence-electron chi connectivity index (χ3n) is 3.00. The van der Waals surface area contributed by atoms with E-state index in [0.717, 1.165) is 18.8 Å². The summed E-state index contributed by atoms with van der Waals surface area (Å²) in [6, 6.07) is 0.404. The Morgan fingerprint density at radius 2 is 2.12 bits per heavy atom. The molecule has 1 aromatic rings. The molecule has 0 saturated carbocycles. The van der Waals surface area contributed by atoms with Crippen molar-refractivity contribution < 1.29 is 0 Å². The molecule has 0 amide bonds. The molecule has 16 heavy (non-hydrogen) atoms. The monoisotopic (exact) mass is 223 g/mol. The van der Waals surface area contributed by atoms with Gasteiger partial charge in [0.05, 0.1) is 6.04 Å². The van der Waals surface area contributed by atoms with E-state index in [9.17, 15) is 0 Å². The van der Waals surface area contributed by atoms with E-state index >= 15 is 0 Å². The Morgan fingerprint density at radius 1 is 1.31 bits per heavy atom. The lowest BCUT2D eigenvalue weighted by Gasteiger charge is -2.16. The number of aryl methyl sites for hydroxylation is 1. The zero-order chi connectivity index (χ0) is 11.8. The molecule has 1 N–H and O–H groups in total. The second kappa shape index (κ2) is 7.44. The zero-order valence-corrected chi connectivity index (χ0v) is 10.9. The van der Waals surface area contributed by atoms with Crippen LogP contribution in [0.15, 0.2) is 12.4 Å². The van der Waals surface area contributed by atoms with Crippen LogP contribution in [-0.4, -0.2) is 16.1 Å². The first-order valence-corrected chi connectivity index (χ1v) is 6.50. The minimum atomic E-state index is 0.404. The van der Waals surface area contributed by atoms with Gasteiger partial charge in [0.2, 0.25) is 0 Å². The Bertz CT molecular complexity index is 280. The van der Waals surface area contributed by atoms with Crippen molar-refractivity contribution in [2.45, 2.75) is 52.0 Å². The number of nitrogens with zero attached hydrogens (tertiary/aromatic N) is 2. The smallest absolute Gasteiger partial charge is 0.125 e. The molecule has 0 fully saturated rings. The maximum Gasteiger partial charge on any atom is 0.125 e. The Labute approximate surface area is 99.3 Å². The average Bonchev–Trinajstić information content (AvgIpc) is 2.70. The maximum atomic E-state index is 4.40. The number of hydrogen-bond donors (Lipinski definition) is 1. The fourth-order valence-electron chi connectivity index (χ4n) is 1.96. The standard InChI is InChI=1S/C13H25N3/c1-4-6-7-8-9-14-12(5-2)13-15-10-11-16(13)3/h10-12,14H,4-9H2,1-3H3. The Kier molecular flexibility index (Phi) is 6.16. The van der Waals surface area contributed by atoms with Gasteiger partial charge >= 0.3 is 0 Å². The Morgan fingerprint density at radius 3 is 2.69 bits per heavy atom. The first-order chi connectivity index (χ1) is 7.79. The van der Waals surface area contributed by atoms with Crippen molar-refractivity contribution in [2.24, 2.45) is 7.05 Å². The lowest BCUT2D eigenvalue weighted by Crippen LogP contribution is -2.24. The van der Waals surface area contributed by atoms with Gasteiger partial charge in [0.25, 0.3) is 0 Å². The molecular weight excluding hydrogens is 198 g/mol. The van der Waals surface area contributed by atoms with Gasteiger partial charge in [-0.25, -0.2) is 4.98 Å². The molecule has 0 radical (unpaired) electrons. The summed E-state index contributed by atoms with van der Waals surface area (Å²) < 4.78 is 2.10. The molecular formula is C13H25N3.